The van der Waals surface area contributed by atoms with Crippen LogP contribution in [0, 0.1) is 40.4 Å². The first kappa shape index (κ1) is 20.6. The topological polar surface area (TPSA) is 32.8 Å². The van der Waals surface area contributed by atoms with E-state index in [2.05, 4.69) is 40.7 Å². The van der Waals surface area contributed by atoms with Gasteiger partial charge in [0.15, 0.2) is 0 Å². The molecule has 0 radical (unpaired) electrons. The van der Waals surface area contributed by atoms with Crippen molar-refractivity contribution in [2.24, 2.45) is 40.4 Å². The Labute approximate surface area is 178 Å². The van der Waals surface area contributed by atoms with Crippen LogP contribution in [0.4, 0.5) is 0 Å². The van der Waals surface area contributed by atoms with Crippen LogP contribution >= 0.6 is 0 Å². The number of aliphatic hydroxyl groups excluding tert-OH is 1. The van der Waals surface area contributed by atoms with Crippen molar-refractivity contribution in [2.45, 2.75) is 117 Å². The van der Waals surface area contributed by atoms with Crippen LogP contribution in [0.1, 0.15) is 98.8 Å². The molecule has 29 heavy (non-hydrogen) atoms. The molecule has 4 fully saturated rings. The molecule has 1 heterocycles. The Morgan fingerprint density at radius 3 is 2.55 bits per heavy atom. The SMILES string of the molecule is C[C@H](CC[C@H]1OC1(C)C)[C@H]1CC[C@H]2[C@@H]3CC=C4C[C@@H](O)CC[C@]4(C)[C@H]3CC[C@]12C. The molecule has 5 rings (SSSR count). The van der Waals surface area contributed by atoms with Crippen molar-refractivity contribution in [3.8, 4) is 0 Å². The van der Waals surface area contributed by atoms with E-state index in [4.69, 9.17) is 4.74 Å². The van der Waals surface area contributed by atoms with Crippen LogP contribution in [0.25, 0.3) is 0 Å². The maximum Gasteiger partial charge on any atom is 0.0892 e. The van der Waals surface area contributed by atoms with E-state index in [1.165, 1.54) is 51.4 Å². The Hall–Kier alpha value is -0.340. The third-order valence-corrected chi connectivity index (χ3v) is 10.9. The Morgan fingerprint density at radius 2 is 1.83 bits per heavy atom. The average molecular weight is 401 g/mol. The maximum absolute atomic E-state index is 10.2. The zero-order valence-corrected chi connectivity index (χ0v) is 19.5. The number of fused-ring (bicyclic) bond motifs is 5. The molecule has 2 nitrogen and oxygen atoms in total. The molecule has 1 saturated heterocycles. The van der Waals surface area contributed by atoms with Crippen molar-refractivity contribution in [3.05, 3.63) is 11.6 Å². The van der Waals surface area contributed by atoms with E-state index in [-0.39, 0.29) is 11.7 Å². The number of ether oxygens (including phenoxy) is 1. The monoisotopic (exact) mass is 400 g/mol. The largest absolute Gasteiger partial charge is 0.393 e. The second kappa shape index (κ2) is 6.83. The average Bonchev–Trinajstić information content (AvgIpc) is 3.11. The van der Waals surface area contributed by atoms with Gasteiger partial charge in [0.05, 0.1) is 17.8 Å². The number of epoxide rings is 1. The molecule has 5 aliphatic rings. The van der Waals surface area contributed by atoms with Crippen LogP contribution < -0.4 is 0 Å². The highest BCUT2D eigenvalue weighted by Crippen LogP contribution is 2.67. The van der Waals surface area contributed by atoms with Crippen molar-refractivity contribution in [1.82, 2.24) is 0 Å². The Kier molecular flexibility index (Phi) is 4.84. The van der Waals surface area contributed by atoms with Gasteiger partial charge in [0.25, 0.3) is 0 Å². The lowest BCUT2D eigenvalue weighted by Gasteiger charge is -2.58. The summed E-state index contributed by atoms with van der Waals surface area (Å²) >= 11 is 0. The predicted octanol–water partition coefficient (Wildman–Crippen LogP) is 6.52. The standard InChI is InChI=1S/C27H44O2/c1-17(6-11-24-25(2,3)29-24)21-9-10-22-20-8-7-18-16-19(28)12-14-26(18,4)23(20)13-15-27(21,22)5/h7,17,19-24,28H,6,8-16H2,1-5H3/t17-,19+,20+,21-,22+,23+,24-,26+,27-/m1/s1. The van der Waals surface area contributed by atoms with E-state index in [9.17, 15) is 5.11 Å². The summed E-state index contributed by atoms with van der Waals surface area (Å²) in [6, 6.07) is 0. The fourth-order valence-electron chi connectivity index (χ4n) is 8.97. The molecule has 0 amide bonds. The first-order valence-corrected chi connectivity index (χ1v) is 12.7. The van der Waals surface area contributed by atoms with Gasteiger partial charge in [-0.2, -0.15) is 0 Å². The summed E-state index contributed by atoms with van der Waals surface area (Å²) in [7, 11) is 0. The molecule has 0 unspecified atom stereocenters. The van der Waals surface area contributed by atoms with Gasteiger partial charge in [0.1, 0.15) is 0 Å². The smallest absolute Gasteiger partial charge is 0.0892 e. The van der Waals surface area contributed by atoms with Gasteiger partial charge in [-0.3, -0.25) is 0 Å². The number of aliphatic hydroxyl groups is 1. The molecule has 3 saturated carbocycles. The molecule has 0 aromatic rings. The molecule has 0 aromatic carbocycles. The third kappa shape index (κ3) is 3.18. The molecule has 0 aromatic heterocycles. The fourth-order valence-corrected chi connectivity index (χ4v) is 8.97. The summed E-state index contributed by atoms with van der Waals surface area (Å²) < 4.78 is 5.86. The molecule has 2 heteroatoms. The van der Waals surface area contributed by atoms with Gasteiger partial charge in [-0.1, -0.05) is 32.4 Å². The summed E-state index contributed by atoms with van der Waals surface area (Å²) in [5, 5.41) is 10.2. The molecule has 0 spiro atoms. The fraction of sp³-hybridized carbons (Fsp3) is 0.926. The van der Waals surface area contributed by atoms with E-state index in [1.54, 1.807) is 5.57 Å². The minimum atomic E-state index is -0.0862. The van der Waals surface area contributed by atoms with Gasteiger partial charge in [-0.15, -0.1) is 0 Å². The Balaban J connectivity index is 1.30. The predicted molar refractivity (Wildman–Crippen MR) is 119 cm³/mol. The summed E-state index contributed by atoms with van der Waals surface area (Å²) in [4.78, 5) is 0. The highest BCUT2D eigenvalue weighted by Gasteiger charge is 2.59. The minimum absolute atomic E-state index is 0.0862. The van der Waals surface area contributed by atoms with E-state index < -0.39 is 0 Å². The normalized spacial score (nSPS) is 51.4. The molecular formula is C27H44O2. The summed E-state index contributed by atoms with van der Waals surface area (Å²) in [6.07, 6.45) is 15.8. The van der Waals surface area contributed by atoms with Crippen LogP contribution in [0.3, 0.4) is 0 Å². The van der Waals surface area contributed by atoms with Crippen molar-refractivity contribution >= 4 is 0 Å². The third-order valence-electron chi connectivity index (χ3n) is 10.9. The number of rotatable bonds is 4. The summed E-state index contributed by atoms with van der Waals surface area (Å²) in [5.41, 5.74) is 2.68. The lowest BCUT2D eigenvalue weighted by molar-refractivity contribution is -0.0573. The zero-order chi connectivity index (χ0) is 20.6. The Morgan fingerprint density at radius 1 is 1.07 bits per heavy atom. The molecular weight excluding hydrogens is 356 g/mol. The van der Waals surface area contributed by atoms with E-state index in [0.717, 1.165) is 42.4 Å². The lowest BCUT2D eigenvalue weighted by Crippen LogP contribution is -2.50. The second-order valence-electron chi connectivity index (χ2n) is 12.6. The van der Waals surface area contributed by atoms with Gasteiger partial charge in [-0.05, 0) is 118 Å². The van der Waals surface area contributed by atoms with Crippen LogP contribution in [-0.2, 0) is 4.74 Å². The van der Waals surface area contributed by atoms with Gasteiger partial charge in [0, 0.05) is 0 Å². The van der Waals surface area contributed by atoms with Crippen LogP contribution in [0.15, 0.2) is 11.6 Å². The summed E-state index contributed by atoms with van der Waals surface area (Å²) in [5.74, 6) is 4.41. The van der Waals surface area contributed by atoms with Gasteiger partial charge < -0.3 is 9.84 Å². The Bertz CT molecular complexity index is 680. The van der Waals surface area contributed by atoms with Crippen LogP contribution in [-0.4, -0.2) is 22.9 Å². The highest BCUT2D eigenvalue weighted by molar-refractivity contribution is 5.25. The molecule has 0 bridgehead atoms. The second-order valence-corrected chi connectivity index (χ2v) is 12.6. The van der Waals surface area contributed by atoms with Gasteiger partial charge >= 0.3 is 0 Å². The first-order chi connectivity index (χ1) is 13.6. The number of allylic oxidation sites excluding steroid dienone is 1. The molecule has 164 valence electrons. The molecule has 4 aliphatic carbocycles. The molecule has 1 aliphatic heterocycles. The van der Waals surface area contributed by atoms with Gasteiger partial charge in [0.2, 0.25) is 0 Å². The van der Waals surface area contributed by atoms with E-state index in [0.29, 0.717) is 16.9 Å². The molecule has 9 atom stereocenters. The zero-order valence-electron chi connectivity index (χ0n) is 19.5. The number of hydrogen-bond donors (Lipinski definition) is 1. The number of hydrogen-bond acceptors (Lipinski definition) is 2. The quantitative estimate of drug-likeness (QED) is 0.430. The van der Waals surface area contributed by atoms with Crippen molar-refractivity contribution < 1.29 is 9.84 Å². The molecule has 1 N–H and O–H groups in total. The van der Waals surface area contributed by atoms with Crippen LogP contribution in [0.5, 0.6) is 0 Å². The van der Waals surface area contributed by atoms with E-state index in [1.807, 2.05) is 0 Å². The van der Waals surface area contributed by atoms with Crippen molar-refractivity contribution in [2.75, 3.05) is 0 Å². The first-order valence-electron chi connectivity index (χ1n) is 12.7. The summed E-state index contributed by atoms with van der Waals surface area (Å²) in [6.45, 7) is 12.3. The van der Waals surface area contributed by atoms with Crippen LogP contribution in [0.2, 0.25) is 0 Å². The van der Waals surface area contributed by atoms with Crippen molar-refractivity contribution in [3.63, 3.8) is 0 Å². The van der Waals surface area contributed by atoms with Gasteiger partial charge in [-0.25, -0.2) is 0 Å². The lowest BCUT2D eigenvalue weighted by atomic mass is 9.47. The highest BCUT2D eigenvalue weighted by atomic mass is 16.6. The van der Waals surface area contributed by atoms with Crippen molar-refractivity contribution in [1.29, 1.82) is 0 Å². The van der Waals surface area contributed by atoms with E-state index >= 15 is 0 Å². The maximum atomic E-state index is 10.2. The minimum Gasteiger partial charge on any atom is -0.393 e.